The van der Waals surface area contributed by atoms with E-state index >= 15 is 0 Å². The number of benzene rings is 2. The average Bonchev–Trinajstić information content (AvgIpc) is 3.11. The highest BCUT2D eigenvalue weighted by Gasteiger charge is 2.44. The molecule has 3 atom stereocenters. The lowest BCUT2D eigenvalue weighted by molar-refractivity contribution is -0.176. The Hall–Kier alpha value is -4.78. The van der Waals surface area contributed by atoms with Crippen LogP contribution in [0.15, 0.2) is 59.8 Å². The van der Waals surface area contributed by atoms with Gasteiger partial charge in [-0.3, -0.25) is 29.0 Å². The van der Waals surface area contributed by atoms with E-state index in [-0.39, 0.29) is 50.5 Å². The van der Waals surface area contributed by atoms with Gasteiger partial charge in [0.05, 0.1) is 25.3 Å². The van der Waals surface area contributed by atoms with Crippen LogP contribution in [0.25, 0.3) is 0 Å². The molecule has 4 amide bonds. The van der Waals surface area contributed by atoms with Gasteiger partial charge in [-0.05, 0) is 42.5 Å². The fraction of sp³-hybridized carbons (Fsp3) is 0.379. The molecule has 4 N–H and O–H groups in total. The number of nitrogens with one attached hydrogen (secondary N) is 2. The SMILES string of the molecule is O=C(O)C[C@@H](/C=N/OCc1ccccc1)NC(=O)[C@@H]1CCCN2C(=O)CC[C@H](NC(=O)c3ccc(CO)cc3)C(=O)N12. The monoisotopic (exact) mass is 579 g/mol. The summed E-state index contributed by atoms with van der Waals surface area (Å²) in [6, 6.07) is 12.2. The molecular weight excluding hydrogens is 546 g/mol. The number of aliphatic hydroxyl groups is 1. The van der Waals surface area contributed by atoms with Crippen molar-refractivity contribution in [2.24, 2.45) is 5.16 Å². The fourth-order valence-electron chi connectivity index (χ4n) is 4.82. The Morgan fingerprint density at radius 1 is 1.05 bits per heavy atom. The third-order valence-electron chi connectivity index (χ3n) is 6.98. The maximum Gasteiger partial charge on any atom is 0.305 e. The van der Waals surface area contributed by atoms with Gasteiger partial charge >= 0.3 is 5.97 Å². The first-order valence-corrected chi connectivity index (χ1v) is 13.6. The van der Waals surface area contributed by atoms with E-state index in [1.807, 2.05) is 30.3 Å². The zero-order chi connectivity index (χ0) is 30.1. The minimum absolute atomic E-state index is 0.0158. The van der Waals surface area contributed by atoms with E-state index in [0.29, 0.717) is 12.0 Å². The standard InChI is InChI=1S/C29H33N5O8/c35-17-19-8-10-21(11-9-19)27(39)32-23-12-13-25(36)33-14-4-7-24(34(33)29(23)41)28(40)31-22(15-26(37)38)16-30-42-18-20-5-2-1-3-6-20/h1-3,5-6,8-11,16,22-24,35H,4,7,12-15,17-18H2,(H,31,40)(H,32,39)(H,37,38)/b30-16+/t22-,23-,24-/m0/s1. The van der Waals surface area contributed by atoms with Crippen molar-refractivity contribution < 1.29 is 39.0 Å². The third kappa shape index (κ3) is 7.69. The Morgan fingerprint density at radius 3 is 2.48 bits per heavy atom. The lowest BCUT2D eigenvalue weighted by Gasteiger charge is -2.43. The van der Waals surface area contributed by atoms with Crippen molar-refractivity contribution in [3.63, 3.8) is 0 Å². The molecule has 2 heterocycles. The van der Waals surface area contributed by atoms with Crippen molar-refractivity contribution in [2.45, 2.75) is 63.4 Å². The molecule has 0 aliphatic carbocycles. The molecule has 2 aromatic carbocycles. The predicted molar refractivity (Wildman–Crippen MR) is 148 cm³/mol. The number of nitrogens with zero attached hydrogens (tertiary/aromatic N) is 3. The van der Waals surface area contributed by atoms with Crippen molar-refractivity contribution in [1.82, 2.24) is 20.7 Å². The Bertz CT molecular complexity index is 1320. The molecule has 4 rings (SSSR count). The summed E-state index contributed by atoms with van der Waals surface area (Å²) in [5, 5.41) is 30.0. The summed E-state index contributed by atoms with van der Waals surface area (Å²) < 4.78 is 0. The van der Waals surface area contributed by atoms with Gasteiger partial charge in [-0.25, -0.2) is 5.01 Å². The average molecular weight is 580 g/mol. The number of rotatable bonds is 11. The van der Waals surface area contributed by atoms with Crippen LogP contribution in [0.2, 0.25) is 0 Å². The Morgan fingerprint density at radius 2 is 1.79 bits per heavy atom. The van der Waals surface area contributed by atoms with Crippen molar-refractivity contribution in [3.8, 4) is 0 Å². The number of carbonyl (C=O) groups excluding carboxylic acids is 4. The summed E-state index contributed by atoms with van der Waals surface area (Å²) >= 11 is 0. The maximum absolute atomic E-state index is 13.7. The highest BCUT2D eigenvalue weighted by atomic mass is 16.6. The van der Waals surface area contributed by atoms with Gasteiger partial charge in [-0.2, -0.15) is 0 Å². The topological polar surface area (TPSA) is 178 Å². The van der Waals surface area contributed by atoms with Gasteiger partial charge in [-0.15, -0.1) is 0 Å². The van der Waals surface area contributed by atoms with Crippen molar-refractivity contribution in [2.75, 3.05) is 6.54 Å². The quantitative estimate of drug-likeness (QED) is 0.225. The number of carboxylic acids is 1. The smallest absolute Gasteiger partial charge is 0.305 e. The summed E-state index contributed by atoms with van der Waals surface area (Å²) in [5.74, 6) is -3.35. The number of oxime groups is 1. The van der Waals surface area contributed by atoms with Crippen LogP contribution < -0.4 is 10.6 Å². The highest BCUT2D eigenvalue weighted by molar-refractivity contribution is 6.00. The van der Waals surface area contributed by atoms with Crippen LogP contribution in [0.3, 0.4) is 0 Å². The van der Waals surface area contributed by atoms with Crippen molar-refractivity contribution in [3.05, 3.63) is 71.3 Å². The molecule has 2 aliphatic heterocycles. The Kier molecular flexibility index (Phi) is 10.2. The van der Waals surface area contributed by atoms with Crippen LogP contribution in [0.4, 0.5) is 0 Å². The number of carbonyl (C=O) groups is 5. The van der Waals surface area contributed by atoms with Crippen LogP contribution >= 0.6 is 0 Å². The molecule has 0 radical (unpaired) electrons. The van der Waals surface area contributed by atoms with Gasteiger partial charge in [-0.1, -0.05) is 47.6 Å². The van der Waals surface area contributed by atoms with Gasteiger partial charge in [0, 0.05) is 18.5 Å². The van der Waals surface area contributed by atoms with E-state index in [1.165, 1.54) is 23.4 Å². The van der Waals surface area contributed by atoms with Crippen LogP contribution in [-0.2, 0) is 37.2 Å². The normalized spacial score (nSPS) is 19.5. The van der Waals surface area contributed by atoms with E-state index in [9.17, 15) is 34.2 Å². The first-order valence-electron chi connectivity index (χ1n) is 13.6. The molecule has 0 aromatic heterocycles. The summed E-state index contributed by atoms with van der Waals surface area (Å²) in [5.41, 5.74) is 1.74. The number of hydrogen-bond donors (Lipinski definition) is 4. The number of fused-ring (bicyclic) bond motifs is 1. The molecule has 222 valence electrons. The zero-order valence-corrected chi connectivity index (χ0v) is 22.8. The molecule has 2 aliphatic rings. The summed E-state index contributed by atoms with van der Waals surface area (Å²) in [6.07, 6.45) is 1.40. The van der Waals surface area contributed by atoms with Gasteiger partial charge in [0.2, 0.25) is 11.8 Å². The molecule has 0 bridgehead atoms. The lowest BCUT2D eigenvalue weighted by atomic mass is 10.0. The number of amides is 4. The van der Waals surface area contributed by atoms with Gasteiger partial charge in [0.15, 0.2) is 0 Å². The van der Waals surface area contributed by atoms with Crippen LogP contribution in [0.1, 0.15) is 53.6 Å². The highest BCUT2D eigenvalue weighted by Crippen LogP contribution is 2.25. The maximum atomic E-state index is 13.7. The predicted octanol–water partition coefficient (Wildman–Crippen LogP) is 0.968. The van der Waals surface area contributed by atoms with E-state index in [0.717, 1.165) is 10.6 Å². The molecule has 2 fully saturated rings. The lowest BCUT2D eigenvalue weighted by Crippen LogP contribution is -2.64. The second-order valence-electron chi connectivity index (χ2n) is 10.0. The molecule has 13 nitrogen and oxygen atoms in total. The van der Waals surface area contributed by atoms with E-state index in [2.05, 4.69) is 15.8 Å². The second-order valence-corrected chi connectivity index (χ2v) is 10.0. The molecule has 42 heavy (non-hydrogen) atoms. The second kappa shape index (κ2) is 14.2. The van der Waals surface area contributed by atoms with Crippen LogP contribution in [0.5, 0.6) is 0 Å². The number of hydrogen-bond acceptors (Lipinski definition) is 8. The molecule has 0 saturated carbocycles. The van der Waals surface area contributed by atoms with Gasteiger partial charge in [0.25, 0.3) is 11.8 Å². The van der Waals surface area contributed by atoms with Crippen molar-refractivity contribution >= 4 is 35.8 Å². The number of hydrazine groups is 1. The van der Waals surface area contributed by atoms with Gasteiger partial charge in [0.1, 0.15) is 18.7 Å². The minimum Gasteiger partial charge on any atom is -0.481 e. The summed E-state index contributed by atoms with van der Waals surface area (Å²) in [7, 11) is 0. The van der Waals surface area contributed by atoms with E-state index in [4.69, 9.17) is 4.84 Å². The van der Waals surface area contributed by atoms with Crippen molar-refractivity contribution in [1.29, 1.82) is 0 Å². The molecule has 13 heteroatoms. The Labute approximate surface area is 242 Å². The largest absolute Gasteiger partial charge is 0.481 e. The Balaban J connectivity index is 1.46. The fourth-order valence-corrected chi connectivity index (χ4v) is 4.82. The first-order chi connectivity index (χ1) is 20.3. The summed E-state index contributed by atoms with van der Waals surface area (Å²) in [4.78, 5) is 69.7. The molecule has 0 spiro atoms. The van der Waals surface area contributed by atoms with E-state index < -0.39 is 48.2 Å². The molecular formula is C29H33N5O8. The minimum atomic E-state index is -1.18. The van der Waals surface area contributed by atoms with Crippen LogP contribution in [0, 0.1) is 0 Å². The van der Waals surface area contributed by atoms with E-state index in [1.54, 1.807) is 12.1 Å². The number of aliphatic hydroxyl groups excluding tert-OH is 1. The van der Waals surface area contributed by atoms with Crippen LogP contribution in [-0.4, -0.2) is 80.7 Å². The zero-order valence-electron chi connectivity index (χ0n) is 22.8. The number of carboxylic acid groups (broad SMARTS) is 1. The first kappa shape index (κ1) is 30.2. The molecule has 2 aromatic rings. The molecule has 0 unspecified atom stereocenters. The third-order valence-corrected chi connectivity index (χ3v) is 6.98. The number of aliphatic carboxylic acids is 1. The van der Waals surface area contributed by atoms with Gasteiger partial charge < -0.3 is 25.7 Å². The molecule has 2 saturated heterocycles. The summed E-state index contributed by atoms with van der Waals surface area (Å²) in [6.45, 7) is 0.190.